The van der Waals surface area contributed by atoms with Crippen molar-refractivity contribution in [3.8, 4) is 5.75 Å². The van der Waals surface area contributed by atoms with Crippen molar-refractivity contribution in [2.45, 2.75) is 26.0 Å². The molecule has 1 fully saturated rings. The summed E-state index contributed by atoms with van der Waals surface area (Å²) >= 11 is 6.18. The number of hydrogen-bond donors (Lipinski definition) is 0. The third kappa shape index (κ3) is 6.70. The topological polar surface area (TPSA) is 54.9 Å². The Balaban J connectivity index is 1.62. The van der Waals surface area contributed by atoms with Gasteiger partial charge >= 0.3 is 0 Å². The van der Waals surface area contributed by atoms with Crippen molar-refractivity contribution in [2.24, 2.45) is 0 Å². The molecule has 0 bridgehead atoms. The molecule has 1 saturated heterocycles. The Bertz CT molecular complexity index is 769. The predicted molar refractivity (Wildman–Crippen MR) is 113 cm³/mol. The van der Waals surface area contributed by atoms with E-state index in [1.165, 1.54) is 0 Å². The van der Waals surface area contributed by atoms with Crippen LogP contribution in [0, 0.1) is 0 Å². The third-order valence-electron chi connectivity index (χ3n) is 4.93. The van der Waals surface area contributed by atoms with Gasteiger partial charge in [0.25, 0.3) is 5.91 Å². The first-order valence-electron chi connectivity index (χ1n) is 10.0. The SMILES string of the molecule is CC(Oc1ccccc1Cl)C(=O)N(CCCN1CCOCC1)Cc1ccncc1. The van der Waals surface area contributed by atoms with Gasteiger partial charge in [-0.25, -0.2) is 0 Å². The van der Waals surface area contributed by atoms with Gasteiger partial charge in [-0.1, -0.05) is 23.7 Å². The Kier molecular flexibility index (Phi) is 8.28. The van der Waals surface area contributed by atoms with Gasteiger partial charge in [-0.15, -0.1) is 0 Å². The summed E-state index contributed by atoms with van der Waals surface area (Å²) in [6, 6.07) is 11.1. The lowest BCUT2D eigenvalue weighted by molar-refractivity contribution is -0.138. The molecule has 2 aromatic rings. The molecule has 0 spiro atoms. The van der Waals surface area contributed by atoms with Crippen LogP contribution in [0.3, 0.4) is 0 Å². The van der Waals surface area contributed by atoms with E-state index in [4.69, 9.17) is 21.1 Å². The molecule has 1 aliphatic heterocycles. The van der Waals surface area contributed by atoms with Gasteiger partial charge in [0.05, 0.1) is 18.2 Å². The standard InChI is InChI=1S/C22H28ClN3O3/c1-18(29-21-6-3-2-5-20(21)23)22(27)26(17-19-7-9-24-10-8-19)12-4-11-25-13-15-28-16-14-25/h2-3,5-10,18H,4,11-17H2,1H3. The second-order valence-electron chi connectivity index (χ2n) is 7.11. The van der Waals surface area contributed by atoms with Crippen LogP contribution >= 0.6 is 11.6 Å². The first-order chi connectivity index (χ1) is 14.1. The molecule has 0 saturated carbocycles. The summed E-state index contributed by atoms with van der Waals surface area (Å²) in [5, 5.41) is 0.500. The number of rotatable bonds is 9. The zero-order valence-corrected chi connectivity index (χ0v) is 17.6. The molecule has 29 heavy (non-hydrogen) atoms. The van der Waals surface area contributed by atoms with Gasteiger partial charge in [-0.05, 0) is 43.2 Å². The smallest absolute Gasteiger partial charge is 0.263 e. The molecule has 0 radical (unpaired) electrons. The maximum Gasteiger partial charge on any atom is 0.263 e. The number of nitrogens with zero attached hydrogens (tertiary/aromatic N) is 3. The number of ether oxygens (including phenoxy) is 2. The van der Waals surface area contributed by atoms with Gasteiger partial charge in [0, 0.05) is 45.1 Å². The Morgan fingerprint density at radius 3 is 2.69 bits per heavy atom. The molecule has 1 aromatic heterocycles. The van der Waals surface area contributed by atoms with E-state index in [1.807, 2.05) is 29.2 Å². The molecule has 0 N–H and O–H groups in total. The van der Waals surface area contributed by atoms with Crippen LogP contribution in [0.1, 0.15) is 18.9 Å². The van der Waals surface area contributed by atoms with Crippen LogP contribution in [-0.4, -0.2) is 66.2 Å². The van der Waals surface area contributed by atoms with Crippen molar-refractivity contribution in [1.29, 1.82) is 0 Å². The van der Waals surface area contributed by atoms with E-state index in [0.29, 0.717) is 23.9 Å². The number of aromatic nitrogens is 1. The molecule has 1 unspecified atom stereocenters. The highest BCUT2D eigenvalue weighted by atomic mass is 35.5. The van der Waals surface area contributed by atoms with E-state index >= 15 is 0 Å². The summed E-state index contributed by atoms with van der Waals surface area (Å²) in [6.45, 7) is 7.37. The van der Waals surface area contributed by atoms with E-state index < -0.39 is 6.10 Å². The molecule has 1 amide bonds. The molecular formula is C22H28ClN3O3. The molecule has 156 valence electrons. The number of morpholine rings is 1. The summed E-state index contributed by atoms with van der Waals surface area (Å²) in [6.07, 6.45) is 3.76. The maximum absolute atomic E-state index is 13.2. The van der Waals surface area contributed by atoms with Gasteiger partial charge < -0.3 is 14.4 Å². The number of carbonyl (C=O) groups excluding carboxylic acids is 1. The summed E-state index contributed by atoms with van der Waals surface area (Å²) < 4.78 is 11.3. The van der Waals surface area contributed by atoms with Crippen molar-refractivity contribution >= 4 is 17.5 Å². The lowest BCUT2D eigenvalue weighted by atomic mass is 10.2. The van der Waals surface area contributed by atoms with Gasteiger partial charge in [-0.2, -0.15) is 0 Å². The number of benzene rings is 1. The summed E-state index contributed by atoms with van der Waals surface area (Å²) in [5.74, 6) is 0.468. The average Bonchev–Trinajstić information content (AvgIpc) is 2.75. The second kappa shape index (κ2) is 11.1. The molecule has 2 heterocycles. The van der Waals surface area contributed by atoms with Crippen molar-refractivity contribution < 1.29 is 14.3 Å². The number of hydrogen-bond acceptors (Lipinski definition) is 5. The lowest BCUT2D eigenvalue weighted by Crippen LogP contribution is -2.42. The highest BCUT2D eigenvalue weighted by Crippen LogP contribution is 2.24. The molecule has 0 aliphatic carbocycles. The minimum absolute atomic E-state index is 0.0521. The maximum atomic E-state index is 13.2. The number of halogens is 1. The van der Waals surface area contributed by atoms with Crippen LogP contribution in [0.4, 0.5) is 0 Å². The highest BCUT2D eigenvalue weighted by Gasteiger charge is 2.23. The van der Waals surface area contributed by atoms with E-state index in [2.05, 4.69) is 9.88 Å². The van der Waals surface area contributed by atoms with Crippen molar-refractivity contribution in [3.05, 3.63) is 59.4 Å². The molecule has 6 nitrogen and oxygen atoms in total. The van der Waals surface area contributed by atoms with Crippen LogP contribution in [0.25, 0.3) is 0 Å². The molecule has 1 aromatic carbocycles. The van der Waals surface area contributed by atoms with Crippen LogP contribution in [0.5, 0.6) is 5.75 Å². The van der Waals surface area contributed by atoms with Gasteiger partial charge in [-0.3, -0.25) is 14.7 Å². The van der Waals surface area contributed by atoms with Gasteiger partial charge in [0.1, 0.15) is 5.75 Å². The molecule has 3 rings (SSSR count). The van der Waals surface area contributed by atoms with Gasteiger partial charge in [0.2, 0.25) is 0 Å². The highest BCUT2D eigenvalue weighted by molar-refractivity contribution is 6.32. The quantitative estimate of drug-likeness (QED) is 0.626. The van der Waals surface area contributed by atoms with Crippen LogP contribution in [0.2, 0.25) is 5.02 Å². The summed E-state index contributed by atoms with van der Waals surface area (Å²) in [5.41, 5.74) is 1.05. The van der Waals surface area contributed by atoms with Crippen molar-refractivity contribution in [1.82, 2.24) is 14.8 Å². The zero-order chi connectivity index (χ0) is 20.5. The molecular weight excluding hydrogens is 390 g/mol. The Hall–Kier alpha value is -2.15. The van der Waals surface area contributed by atoms with Crippen molar-refractivity contribution in [2.75, 3.05) is 39.4 Å². The third-order valence-corrected chi connectivity index (χ3v) is 5.24. The normalized spacial score (nSPS) is 15.7. The van der Waals surface area contributed by atoms with E-state index in [-0.39, 0.29) is 5.91 Å². The number of amides is 1. The first-order valence-corrected chi connectivity index (χ1v) is 10.4. The molecule has 1 aliphatic rings. The largest absolute Gasteiger partial charge is 0.479 e. The van der Waals surface area contributed by atoms with E-state index in [0.717, 1.165) is 44.8 Å². The van der Waals surface area contributed by atoms with E-state index in [9.17, 15) is 4.79 Å². The summed E-state index contributed by atoms with van der Waals surface area (Å²) in [4.78, 5) is 21.4. The monoisotopic (exact) mass is 417 g/mol. The van der Waals surface area contributed by atoms with Crippen LogP contribution in [0.15, 0.2) is 48.8 Å². The minimum atomic E-state index is -0.625. The lowest BCUT2D eigenvalue weighted by Gasteiger charge is -2.29. The Morgan fingerprint density at radius 1 is 1.24 bits per heavy atom. The number of carbonyl (C=O) groups is 1. The van der Waals surface area contributed by atoms with Crippen LogP contribution in [-0.2, 0) is 16.1 Å². The number of pyridine rings is 1. The van der Waals surface area contributed by atoms with Crippen LogP contribution < -0.4 is 4.74 Å². The predicted octanol–water partition coefficient (Wildman–Crippen LogP) is 3.25. The van der Waals surface area contributed by atoms with Crippen molar-refractivity contribution in [3.63, 3.8) is 0 Å². The van der Waals surface area contributed by atoms with Gasteiger partial charge in [0.15, 0.2) is 6.10 Å². The molecule has 7 heteroatoms. The summed E-state index contributed by atoms with van der Waals surface area (Å²) in [7, 11) is 0. The Labute approximate surface area is 177 Å². The average molecular weight is 418 g/mol. The fraction of sp³-hybridized carbons (Fsp3) is 0.455. The number of para-hydroxylation sites is 1. The van der Waals surface area contributed by atoms with E-state index in [1.54, 1.807) is 31.5 Å². The minimum Gasteiger partial charge on any atom is -0.479 e. The fourth-order valence-corrected chi connectivity index (χ4v) is 3.50. The molecule has 1 atom stereocenters. The zero-order valence-electron chi connectivity index (χ0n) is 16.8. The first kappa shape index (κ1) is 21.6. The second-order valence-corrected chi connectivity index (χ2v) is 7.52. The Morgan fingerprint density at radius 2 is 1.97 bits per heavy atom. The fourth-order valence-electron chi connectivity index (χ4n) is 3.32.